The van der Waals surface area contributed by atoms with E-state index < -0.39 is 0 Å². The van der Waals surface area contributed by atoms with Gasteiger partial charge in [0.15, 0.2) is 11.6 Å². The fourth-order valence-electron chi connectivity index (χ4n) is 3.49. The largest absolute Gasteiger partial charge is 0.330 e. The number of rotatable bonds is 4. The van der Waals surface area contributed by atoms with Crippen molar-refractivity contribution in [1.29, 1.82) is 0 Å². The Bertz CT molecular complexity index is 931. The molecule has 0 saturated carbocycles. The molecular weight excluding hydrogens is 368 g/mol. The smallest absolute Gasteiger partial charge is 0.254 e. The highest BCUT2D eigenvalue weighted by molar-refractivity contribution is 6.28. The molecule has 0 bridgehead atoms. The molecular formula is C23H22N2O4. The van der Waals surface area contributed by atoms with Crippen LogP contribution in [0.5, 0.6) is 0 Å². The predicted molar refractivity (Wildman–Crippen MR) is 109 cm³/mol. The molecule has 2 aliphatic rings. The first-order valence-electron chi connectivity index (χ1n) is 9.54. The summed E-state index contributed by atoms with van der Waals surface area (Å²) in [5, 5.41) is 2.28. The molecule has 3 N–H and O–H groups in total. The first kappa shape index (κ1) is 20.4. The van der Waals surface area contributed by atoms with Crippen molar-refractivity contribution in [2.75, 3.05) is 6.54 Å². The minimum absolute atomic E-state index is 0.0641. The third-order valence-corrected chi connectivity index (χ3v) is 4.96. The summed E-state index contributed by atoms with van der Waals surface area (Å²) in [5.41, 5.74) is 8.60. The Morgan fingerprint density at radius 1 is 0.724 bits per heavy atom. The first-order valence-corrected chi connectivity index (χ1v) is 9.54. The number of amides is 2. The summed E-state index contributed by atoms with van der Waals surface area (Å²) in [4.78, 5) is 46.6. The van der Waals surface area contributed by atoms with Gasteiger partial charge < -0.3 is 5.73 Å². The van der Waals surface area contributed by atoms with Gasteiger partial charge in [0.05, 0.1) is 0 Å². The maximum atomic E-state index is 12.1. The van der Waals surface area contributed by atoms with Gasteiger partial charge in [0.2, 0.25) is 0 Å². The van der Waals surface area contributed by atoms with Crippen LogP contribution in [0.3, 0.4) is 0 Å². The lowest BCUT2D eigenvalue weighted by Crippen LogP contribution is -2.23. The molecule has 1 aliphatic heterocycles. The van der Waals surface area contributed by atoms with Crippen LogP contribution < -0.4 is 11.1 Å². The second kappa shape index (κ2) is 8.75. The average molecular weight is 390 g/mol. The van der Waals surface area contributed by atoms with Crippen molar-refractivity contribution in [3.05, 3.63) is 81.9 Å². The van der Waals surface area contributed by atoms with Crippen LogP contribution >= 0.6 is 0 Å². The van der Waals surface area contributed by atoms with Crippen molar-refractivity contribution < 1.29 is 19.2 Å². The van der Waals surface area contributed by atoms with E-state index in [1.165, 1.54) is 0 Å². The van der Waals surface area contributed by atoms with Crippen LogP contribution in [-0.2, 0) is 9.59 Å². The number of benzene rings is 2. The molecule has 2 aromatic rings. The maximum absolute atomic E-state index is 12.1. The third-order valence-electron chi connectivity index (χ3n) is 4.96. The molecule has 0 radical (unpaired) electrons. The first-order chi connectivity index (χ1) is 14.0. The molecule has 148 valence electrons. The Balaban J connectivity index is 0.000000170. The van der Waals surface area contributed by atoms with Crippen molar-refractivity contribution in [2.24, 2.45) is 5.73 Å². The van der Waals surface area contributed by atoms with Gasteiger partial charge in [0.25, 0.3) is 11.8 Å². The molecule has 0 fully saturated rings. The number of fused-ring (bicyclic) bond motifs is 2. The molecule has 0 saturated heterocycles. The van der Waals surface area contributed by atoms with Gasteiger partial charge in [-0.15, -0.1) is 0 Å². The van der Waals surface area contributed by atoms with Crippen molar-refractivity contribution in [3.8, 4) is 0 Å². The lowest BCUT2D eigenvalue weighted by Gasteiger charge is -2.16. The number of hydrogen-bond acceptors (Lipinski definition) is 5. The zero-order valence-corrected chi connectivity index (χ0v) is 16.2. The molecule has 0 spiro atoms. The summed E-state index contributed by atoms with van der Waals surface area (Å²) in [7, 11) is 0. The SMILES string of the molecule is CCC1=C(CCCN)C(=O)NC1=O.O=C1c2ccccc2C(=O)c2ccccc21. The van der Waals surface area contributed by atoms with Gasteiger partial charge in [-0.05, 0) is 25.8 Å². The van der Waals surface area contributed by atoms with Crippen molar-refractivity contribution in [2.45, 2.75) is 26.2 Å². The fraction of sp³-hybridized carbons (Fsp3) is 0.217. The lowest BCUT2D eigenvalue weighted by atomic mass is 9.84. The van der Waals surface area contributed by atoms with Crippen LogP contribution in [0.25, 0.3) is 0 Å². The quantitative estimate of drug-likeness (QED) is 0.666. The van der Waals surface area contributed by atoms with Crippen LogP contribution in [0.2, 0.25) is 0 Å². The van der Waals surface area contributed by atoms with Crippen molar-refractivity contribution >= 4 is 23.4 Å². The number of imide groups is 1. The van der Waals surface area contributed by atoms with Gasteiger partial charge in [-0.1, -0.05) is 55.5 Å². The molecule has 6 nitrogen and oxygen atoms in total. The standard InChI is InChI=1S/C14H8O2.C9H14N2O2/c15-13-9-5-1-2-6-10(9)14(16)12-8-4-3-7-11(12)13;1-2-6-7(4-3-5-10)9(13)11-8(6)12/h1-8H;2-5,10H2,1H3,(H,11,12,13). The average Bonchev–Trinajstić information content (AvgIpc) is 3.03. The molecule has 29 heavy (non-hydrogen) atoms. The second-order valence-electron chi connectivity index (χ2n) is 6.74. The van der Waals surface area contributed by atoms with Gasteiger partial charge >= 0.3 is 0 Å². The highest BCUT2D eigenvalue weighted by Crippen LogP contribution is 2.26. The van der Waals surface area contributed by atoms with E-state index in [0.29, 0.717) is 52.8 Å². The van der Waals surface area contributed by atoms with Crippen LogP contribution in [0.4, 0.5) is 0 Å². The van der Waals surface area contributed by atoms with Crippen LogP contribution in [0.15, 0.2) is 59.7 Å². The number of carbonyl (C=O) groups excluding carboxylic acids is 4. The van der Waals surface area contributed by atoms with E-state index in [4.69, 9.17) is 5.73 Å². The van der Waals surface area contributed by atoms with E-state index in [0.717, 1.165) is 6.42 Å². The molecule has 6 heteroatoms. The fourth-order valence-corrected chi connectivity index (χ4v) is 3.49. The Kier molecular flexibility index (Phi) is 6.14. The van der Waals surface area contributed by atoms with Crippen LogP contribution in [0, 0.1) is 0 Å². The topological polar surface area (TPSA) is 106 Å². The molecule has 4 rings (SSSR count). The van der Waals surface area contributed by atoms with Gasteiger partial charge in [0, 0.05) is 33.4 Å². The molecule has 2 amide bonds. The minimum atomic E-state index is -0.240. The minimum Gasteiger partial charge on any atom is -0.330 e. The molecule has 0 atom stereocenters. The number of carbonyl (C=O) groups is 4. The van der Waals surface area contributed by atoms with E-state index in [2.05, 4.69) is 5.32 Å². The maximum Gasteiger partial charge on any atom is 0.254 e. The van der Waals surface area contributed by atoms with Gasteiger partial charge in [-0.3, -0.25) is 24.5 Å². The van der Waals surface area contributed by atoms with Gasteiger partial charge in [-0.2, -0.15) is 0 Å². The zero-order valence-electron chi connectivity index (χ0n) is 16.2. The second-order valence-corrected chi connectivity index (χ2v) is 6.74. The predicted octanol–water partition coefficient (Wildman–Crippen LogP) is 2.55. The normalized spacial score (nSPS) is 14.8. The Morgan fingerprint density at radius 2 is 1.14 bits per heavy atom. The summed E-state index contributed by atoms with van der Waals surface area (Å²) in [6, 6.07) is 13.9. The number of nitrogens with two attached hydrogens (primary N) is 1. The van der Waals surface area contributed by atoms with Crippen molar-refractivity contribution in [1.82, 2.24) is 5.32 Å². The molecule has 0 unspecified atom stereocenters. The Morgan fingerprint density at radius 3 is 1.52 bits per heavy atom. The van der Waals surface area contributed by atoms with Gasteiger partial charge in [0.1, 0.15) is 0 Å². The number of hydrogen-bond donors (Lipinski definition) is 2. The summed E-state index contributed by atoms with van der Waals surface area (Å²) in [6.45, 7) is 2.41. The molecule has 0 aromatic heterocycles. The lowest BCUT2D eigenvalue weighted by molar-refractivity contribution is -0.124. The highest BCUT2D eigenvalue weighted by atomic mass is 16.2. The summed E-state index contributed by atoms with van der Waals surface area (Å²) < 4.78 is 0. The van der Waals surface area contributed by atoms with E-state index >= 15 is 0 Å². The van der Waals surface area contributed by atoms with Crippen molar-refractivity contribution in [3.63, 3.8) is 0 Å². The summed E-state index contributed by atoms with van der Waals surface area (Å²) in [5.74, 6) is -0.605. The Labute approximate surface area is 168 Å². The number of ketones is 2. The molecule has 1 heterocycles. The van der Waals surface area contributed by atoms with Crippen LogP contribution in [-0.4, -0.2) is 29.9 Å². The number of nitrogens with one attached hydrogen (secondary N) is 1. The summed E-state index contributed by atoms with van der Waals surface area (Å²) >= 11 is 0. The van der Waals surface area contributed by atoms with E-state index in [1.54, 1.807) is 48.5 Å². The van der Waals surface area contributed by atoms with E-state index in [-0.39, 0.29) is 23.4 Å². The monoisotopic (exact) mass is 390 g/mol. The van der Waals surface area contributed by atoms with Gasteiger partial charge in [-0.25, -0.2) is 0 Å². The highest BCUT2D eigenvalue weighted by Gasteiger charge is 2.29. The summed E-state index contributed by atoms with van der Waals surface area (Å²) in [6.07, 6.45) is 1.97. The van der Waals surface area contributed by atoms with Crippen LogP contribution in [0.1, 0.15) is 58.0 Å². The molecule has 2 aromatic carbocycles. The zero-order chi connectivity index (χ0) is 21.0. The molecule has 1 aliphatic carbocycles. The Hall–Kier alpha value is -3.38. The third kappa shape index (κ3) is 3.93. The van der Waals surface area contributed by atoms with E-state index in [1.807, 2.05) is 6.92 Å². The van der Waals surface area contributed by atoms with E-state index in [9.17, 15) is 19.2 Å².